The molecule has 0 amide bonds. The maximum atomic E-state index is 2.57. The zero-order valence-corrected chi connectivity index (χ0v) is 57.4. The molecule has 464 valence electrons. The van der Waals surface area contributed by atoms with Crippen LogP contribution in [0.3, 0.4) is 0 Å². The maximum absolute atomic E-state index is 2.57. The minimum absolute atomic E-state index is 0.00114. The van der Waals surface area contributed by atoms with E-state index in [-0.39, 0.29) is 21.7 Å². The molecule has 0 bridgehead atoms. The number of rotatable bonds is 4. The Labute approximate surface area is 565 Å². The van der Waals surface area contributed by atoms with Crippen molar-refractivity contribution in [3.63, 3.8) is 0 Å². The van der Waals surface area contributed by atoms with E-state index < -0.39 is 0 Å². The molecule has 2 aliphatic carbocycles. The molecule has 0 radical (unpaired) electrons. The van der Waals surface area contributed by atoms with Crippen molar-refractivity contribution < 1.29 is 0 Å². The van der Waals surface area contributed by atoms with Gasteiger partial charge in [0.05, 0.1) is 0 Å². The molecule has 0 saturated heterocycles. The van der Waals surface area contributed by atoms with Crippen LogP contribution in [0.2, 0.25) is 0 Å². The van der Waals surface area contributed by atoms with Crippen LogP contribution in [0.4, 0.5) is 0 Å². The van der Waals surface area contributed by atoms with E-state index in [9.17, 15) is 0 Å². The molecular weight excluding hydrogens is 1150 g/mol. The number of fused-ring (bicyclic) bond motifs is 14. The molecule has 0 N–H and O–H groups in total. The average molecular weight is 1230 g/mol. The first-order chi connectivity index (χ1) is 46.2. The summed E-state index contributed by atoms with van der Waals surface area (Å²) in [4.78, 5) is 0. The van der Waals surface area contributed by atoms with E-state index in [1.54, 1.807) is 0 Å². The fourth-order valence-electron chi connectivity index (χ4n) is 16.3. The van der Waals surface area contributed by atoms with Gasteiger partial charge in [0.25, 0.3) is 0 Å². The molecule has 16 aromatic rings. The minimum Gasteiger partial charge on any atom is -0.0622 e. The van der Waals surface area contributed by atoms with E-state index in [4.69, 9.17) is 0 Å². The Kier molecular flexibility index (Phi) is 13.3. The molecule has 0 unspecified atom stereocenters. The highest BCUT2D eigenvalue weighted by molar-refractivity contribution is 6.30. The molecule has 0 aromatic heterocycles. The molecule has 0 spiro atoms. The van der Waals surface area contributed by atoms with Crippen molar-refractivity contribution in [3.8, 4) is 89.0 Å². The van der Waals surface area contributed by atoms with E-state index >= 15 is 0 Å². The summed E-state index contributed by atoms with van der Waals surface area (Å²) < 4.78 is 0. The fraction of sp³-hybridized carbons (Fsp3) is 0.167. The van der Waals surface area contributed by atoms with Crippen molar-refractivity contribution in [2.24, 2.45) is 0 Å². The van der Waals surface area contributed by atoms with Crippen molar-refractivity contribution in [1.29, 1.82) is 0 Å². The predicted molar refractivity (Wildman–Crippen MR) is 418 cm³/mol. The summed E-state index contributed by atoms with van der Waals surface area (Å²) in [5.74, 6) is 0. The van der Waals surface area contributed by atoms with Crippen molar-refractivity contribution >= 4 is 86.2 Å². The number of benzene rings is 16. The molecule has 0 heteroatoms. The third-order valence-electron chi connectivity index (χ3n) is 21.3. The molecule has 18 rings (SSSR count). The molecule has 96 heavy (non-hydrogen) atoms. The normalized spacial score (nSPS) is 12.8. The molecule has 0 aliphatic heterocycles. The maximum Gasteiger partial charge on any atom is -0.00199 e. The summed E-state index contributed by atoms with van der Waals surface area (Å²) in [6.45, 7) is 28.2. The second-order valence-electron chi connectivity index (χ2n) is 31.6. The lowest BCUT2D eigenvalue weighted by atomic mass is 9.76. The van der Waals surface area contributed by atoms with Gasteiger partial charge in [-0.1, -0.05) is 314 Å². The molecule has 16 aromatic carbocycles. The van der Waals surface area contributed by atoms with Gasteiger partial charge < -0.3 is 0 Å². The lowest BCUT2D eigenvalue weighted by Gasteiger charge is -2.28. The Morgan fingerprint density at radius 1 is 0.167 bits per heavy atom. The van der Waals surface area contributed by atoms with Gasteiger partial charge in [0.2, 0.25) is 0 Å². The van der Waals surface area contributed by atoms with Crippen molar-refractivity contribution in [3.05, 3.63) is 289 Å². The van der Waals surface area contributed by atoms with Gasteiger partial charge in [-0.15, -0.1) is 0 Å². The SMILES string of the molecule is CC(C)(C)c1cc(-c2c3ccccc3c(-c3cc(C(C)(C)C)cc(C(C)(C)C)c3)c3cc4c(cc23)-c2cccc3c2c-4cc2ccccc23)cc(C(C)(C)C)c1.c1ccc(-c2c3ccccc3c(-c3ccccc3)c3cc4c(cc23)-c2cccc3c2c-4cc2ccccc23)cc1. The monoisotopic (exact) mass is 1230 g/mol. The summed E-state index contributed by atoms with van der Waals surface area (Å²) in [5, 5.41) is 21.1. The van der Waals surface area contributed by atoms with E-state index in [2.05, 4.69) is 350 Å². The highest BCUT2D eigenvalue weighted by atomic mass is 14.3. The molecule has 0 heterocycles. The van der Waals surface area contributed by atoms with E-state index in [1.807, 2.05) is 0 Å². The van der Waals surface area contributed by atoms with Gasteiger partial charge in [0.1, 0.15) is 0 Å². The topological polar surface area (TPSA) is 0 Å². The first-order valence-electron chi connectivity index (χ1n) is 34.5. The van der Waals surface area contributed by atoms with Crippen LogP contribution in [0.5, 0.6) is 0 Å². The van der Waals surface area contributed by atoms with Crippen LogP contribution in [0.1, 0.15) is 105 Å². The highest BCUT2D eigenvalue weighted by Gasteiger charge is 2.31. The highest BCUT2D eigenvalue weighted by Crippen LogP contribution is 2.57. The predicted octanol–water partition coefficient (Wildman–Crippen LogP) is 27.8. The fourth-order valence-corrected chi connectivity index (χ4v) is 16.3. The van der Waals surface area contributed by atoms with Crippen molar-refractivity contribution in [1.82, 2.24) is 0 Å². The Morgan fingerprint density at radius 3 is 0.740 bits per heavy atom. The number of hydrogen-bond donors (Lipinski definition) is 0. The Balaban J connectivity index is 0.000000153. The van der Waals surface area contributed by atoms with Crippen molar-refractivity contribution in [2.75, 3.05) is 0 Å². The lowest BCUT2D eigenvalue weighted by Crippen LogP contribution is -2.16. The molecule has 0 atom stereocenters. The van der Waals surface area contributed by atoms with E-state index in [0.29, 0.717) is 0 Å². The Hall–Kier alpha value is -10.4. The largest absolute Gasteiger partial charge is 0.0622 e. The van der Waals surface area contributed by atoms with Gasteiger partial charge in [-0.3, -0.25) is 0 Å². The van der Waals surface area contributed by atoms with Gasteiger partial charge in [-0.25, -0.2) is 0 Å². The second-order valence-corrected chi connectivity index (χ2v) is 31.6. The van der Waals surface area contributed by atoms with Crippen LogP contribution in [-0.2, 0) is 21.7 Å². The summed E-state index contributed by atoms with van der Waals surface area (Å²) in [7, 11) is 0. The zero-order valence-electron chi connectivity index (χ0n) is 57.4. The Bertz CT molecular complexity index is 5880. The lowest BCUT2D eigenvalue weighted by molar-refractivity contribution is 0.568. The molecule has 0 nitrogen and oxygen atoms in total. The molecular formula is C96H80. The zero-order chi connectivity index (χ0) is 65.9. The first kappa shape index (κ1) is 59.4. The quantitative estimate of drug-likeness (QED) is 0.122. The van der Waals surface area contributed by atoms with Crippen molar-refractivity contribution in [2.45, 2.75) is 105 Å². The third-order valence-corrected chi connectivity index (χ3v) is 21.3. The smallest absolute Gasteiger partial charge is 0.00199 e. The van der Waals surface area contributed by atoms with Gasteiger partial charge in [-0.05, 0) is 256 Å². The van der Waals surface area contributed by atoms with Crippen LogP contribution in [0.15, 0.2) is 267 Å². The van der Waals surface area contributed by atoms with E-state index in [1.165, 1.54) is 197 Å². The molecule has 2 aliphatic rings. The standard InChI is InChI=1S/C56H56.C40H24/c1-53(2,3)36-24-34(25-37(29-36)54(4,5)6)50-42-20-15-16-21-43(42)51(35-26-38(55(7,8)9)30-39(27-35)56(10,11)12)49-32-46-45(31-48(49)50)44-23-17-22-41-40-19-14-13-18-33(40)28-47(46)52(41)44;1-3-12-25(13-4-1)38-30-18-9-10-19-31(30)39(26-14-5-2-6-15-26)37-24-34-33(23-36(37)38)32-21-11-20-29-28-17-8-7-16-27(28)22-35(34)40(29)32/h13-32H,1-12H3;1-24H. The minimum atomic E-state index is -0.00208. The van der Waals surface area contributed by atoms with Crippen LogP contribution < -0.4 is 0 Å². The average Bonchev–Trinajstić information content (AvgIpc) is 1.62. The van der Waals surface area contributed by atoms with Gasteiger partial charge >= 0.3 is 0 Å². The van der Waals surface area contributed by atoms with Crippen LogP contribution in [0, 0.1) is 0 Å². The summed E-state index contributed by atoms with van der Waals surface area (Å²) >= 11 is 0. The summed E-state index contributed by atoms with van der Waals surface area (Å²) in [6.07, 6.45) is 0. The van der Waals surface area contributed by atoms with E-state index in [0.717, 1.165) is 0 Å². The number of hydrogen-bond acceptors (Lipinski definition) is 0. The van der Waals surface area contributed by atoms with Crippen LogP contribution in [0.25, 0.3) is 175 Å². The first-order valence-corrected chi connectivity index (χ1v) is 34.5. The summed E-state index contributed by atoms with van der Waals surface area (Å²) in [6, 6.07) is 101. The van der Waals surface area contributed by atoms with Gasteiger partial charge in [0.15, 0.2) is 0 Å². The molecule has 0 saturated carbocycles. The van der Waals surface area contributed by atoms with Gasteiger partial charge in [-0.2, -0.15) is 0 Å². The van der Waals surface area contributed by atoms with Crippen LogP contribution >= 0.6 is 0 Å². The Morgan fingerprint density at radius 2 is 0.427 bits per heavy atom. The summed E-state index contributed by atoms with van der Waals surface area (Å²) in [5.41, 5.74) is 26.5. The molecule has 0 fully saturated rings. The second kappa shape index (κ2) is 21.6. The third kappa shape index (κ3) is 9.46. The van der Waals surface area contributed by atoms with Gasteiger partial charge in [0, 0.05) is 0 Å². The van der Waals surface area contributed by atoms with Crippen LogP contribution in [-0.4, -0.2) is 0 Å².